The van der Waals surface area contributed by atoms with Gasteiger partial charge in [0.15, 0.2) is 0 Å². The summed E-state index contributed by atoms with van der Waals surface area (Å²) in [5, 5.41) is 15.1. The van der Waals surface area contributed by atoms with Crippen LogP contribution in [0, 0.1) is 0 Å². The molecule has 18 heavy (non-hydrogen) atoms. The molecule has 0 fully saturated rings. The summed E-state index contributed by atoms with van der Waals surface area (Å²) in [5.74, 6) is 0. The van der Waals surface area contributed by atoms with Crippen LogP contribution in [0.25, 0.3) is 0 Å². The van der Waals surface area contributed by atoms with Crippen LogP contribution in [0.3, 0.4) is 0 Å². The first-order valence-corrected chi connectivity index (χ1v) is 6.52. The zero-order valence-electron chi connectivity index (χ0n) is 9.95. The van der Waals surface area contributed by atoms with Crippen LogP contribution in [0.2, 0.25) is 10.0 Å². The number of aromatic amines is 1. The van der Waals surface area contributed by atoms with Crippen molar-refractivity contribution in [3.05, 3.63) is 45.7 Å². The zero-order chi connectivity index (χ0) is 13.0. The van der Waals surface area contributed by atoms with E-state index >= 15 is 0 Å². The third-order valence-electron chi connectivity index (χ3n) is 2.60. The van der Waals surface area contributed by atoms with Gasteiger partial charge in [0, 0.05) is 0 Å². The largest absolute Gasteiger partial charge is 0.305 e. The molecule has 1 aromatic heterocycles. The summed E-state index contributed by atoms with van der Waals surface area (Å²) in [6, 6.07) is 5.56. The molecule has 0 radical (unpaired) electrons. The lowest BCUT2D eigenvalue weighted by molar-refractivity contribution is 0.585. The lowest BCUT2D eigenvalue weighted by Gasteiger charge is -2.16. The minimum Gasteiger partial charge on any atom is -0.305 e. The van der Waals surface area contributed by atoms with Crippen LogP contribution < -0.4 is 5.32 Å². The van der Waals surface area contributed by atoms with Gasteiger partial charge in [0.05, 0.1) is 22.3 Å². The van der Waals surface area contributed by atoms with E-state index in [2.05, 4.69) is 27.7 Å². The lowest BCUT2D eigenvalue weighted by Crippen LogP contribution is -2.23. The van der Waals surface area contributed by atoms with E-state index in [0.29, 0.717) is 10.0 Å². The van der Waals surface area contributed by atoms with E-state index in [9.17, 15) is 0 Å². The Morgan fingerprint density at radius 2 is 2.17 bits per heavy atom. The number of hydrogen-bond donors (Lipinski definition) is 2. The maximum atomic E-state index is 6.05. The first kappa shape index (κ1) is 13.3. The van der Waals surface area contributed by atoms with Crippen LogP contribution >= 0.6 is 23.2 Å². The molecular formula is C12H14Cl2N4. The summed E-state index contributed by atoms with van der Waals surface area (Å²) in [7, 11) is 0. The fraction of sp³-hybridized carbons (Fsp3) is 0.333. The van der Waals surface area contributed by atoms with Gasteiger partial charge >= 0.3 is 0 Å². The molecule has 96 valence electrons. The van der Waals surface area contributed by atoms with Gasteiger partial charge in [0.1, 0.15) is 5.69 Å². The summed E-state index contributed by atoms with van der Waals surface area (Å²) in [6.07, 6.45) is 2.74. The van der Waals surface area contributed by atoms with E-state index in [1.165, 1.54) is 0 Å². The van der Waals surface area contributed by atoms with Gasteiger partial charge in [-0.15, -0.1) is 0 Å². The van der Waals surface area contributed by atoms with E-state index in [1.807, 2.05) is 12.1 Å². The molecule has 1 atom stereocenters. The van der Waals surface area contributed by atoms with Gasteiger partial charge in [-0.3, -0.25) is 0 Å². The smallest absolute Gasteiger partial charge is 0.104 e. The first-order chi connectivity index (χ1) is 8.72. The third kappa shape index (κ3) is 3.02. The Morgan fingerprint density at radius 3 is 2.78 bits per heavy atom. The molecule has 2 N–H and O–H groups in total. The van der Waals surface area contributed by atoms with Crippen molar-refractivity contribution in [2.45, 2.75) is 19.4 Å². The average Bonchev–Trinajstić information content (AvgIpc) is 2.88. The van der Waals surface area contributed by atoms with Crippen LogP contribution in [-0.2, 0) is 0 Å². The molecule has 0 saturated carbocycles. The average molecular weight is 285 g/mol. The quantitative estimate of drug-likeness (QED) is 0.887. The highest BCUT2D eigenvalue weighted by Crippen LogP contribution is 2.27. The molecule has 1 aromatic carbocycles. The topological polar surface area (TPSA) is 53.6 Å². The molecule has 0 aliphatic carbocycles. The van der Waals surface area contributed by atoms with Crippen molar-refractivity contribution in [1.29, 1.82) is 0 Å². The van der Waals surface area contributed by atoms with E-state index in [-0.39, 0.29) is 6.04 Å². The Kier molecular flexibility index (Phi) is 4.58. The van der Waals surface area contributed by atoms with Crippen molar-refractivity contribution in [1.82, 2.24) is 20.7 Å². The summed E-state index contributed by atoms with van der Waals surface area (Å²) in [4.78, 5) is 0. The molecule has 0 aliphatic heterocycles. The number of nitrogens with one attached hydrogen (secondary N) is 2. The predicted octanol–water partition coefficient (Wildman–Crippen LogP) is 3.20. The number of hydrogen-bond acceptors (Lipinski definition) is 3. The Labute approximate surface area is 116 Å². The number of nitrogens with zero attached hydrogens (tertiary/aromatic N) is 2. The van der Waals surface area contributed by atoms with E-state index in [0.717, 1.165) is 24.2 Å². The van der Waals surface area contributed by atoms with Crippen molar-refractivity contribution < 1.29 is 0 Å². The molecule has 0 aliphatic rings. The highest BCUT2D eigenvalue weighted by molar-refractivity contribution is 6.42. The van der Waals surface area contributed by atoms with Crippen LogP contribution in [0.1, 0.15) is 30.6 Å². The molecule has 0 amide bonds. The molecule has 1 unspecified atom stereocenters. The van der Waals surface area contributed by atoms with Crippen molar-refractivity contribution in [2.75, 3.05) is 6.54 Å². The van der Waals surface area contributed by atoms with Crippen LogP contribution in [0.4, 0.5) is 0 Å². The Morgan fingerprint density at radius 1 is 1.33 bits per heavy atom. The van der Waals surface area contributed by atoms with E-state index in [4.69, 9.17) is 23.2 Å². The van der Waals surface area contributed by atoms with Crippen molar-refractivity contribution >= 4 is 23.2 Å². The lowest BCUT2D eigenvalue weighted by atomic mass is 10.0. The fourth-order valence-electron chi connectivity index (χ4n) is 1.72. The number of benzene rings is 1. The number of halogens is 2. The maximum Gasteiger partial charge on any atom is 0.104 e. The Balaban J connectivity index is 2.30. The summed E-state index contributed by atoms with van der Waals surface area (Å²) < 4.78 is 0. The van der Waals surface area contributed by atoms with E-state index in [1.54, 1.807) is 12.3 Å². The molecule has 4 nitrogen and oxygen atoms in total. The van der Waals surface area contributed by atoms with Gasteiger partial charge in [-0.1, -0.05) is 36.2 Å². The minimum absolute atomic E-state index is 0.0292. The molecule has 2 rings (SSSR count). The Hall–Kier alpha value is -1.10. The molecule has 0 saturated heterocycles. The molecule has 0 bridgehead atoms. The van der Waals surface area contributed by atoms with Crippen LogP contribution in [0.15, 0.2) is 24.4 Å². The molecule has 0 spiro atoms. The summed E-state index contributed by atoms with van der Waals surface area (Å²) in [5.41, 5.74) is 1.86. The fourth-order valence-corrected chi connectivity index (χ4v) is 2.03. The van der Waals surface area contributed by atoms with Gasteiger partial charge in [-0.2, -0.15) is 15.4 Å². The van der Waals surface area contributed by atoms with Gasteiger partial charge in [0.25, 0.3) is 0 Å². The highest BCUT2D eigenvalue weighted by Gasteiger charge is 2.16. The predicted molar refractivity (Wildman–Crippen MR) is 73.0 cm³/mol. The summed E-state index contributed by atoms with van der Waals surface area (Å²) >= 11 is 12.0. The van der Waals surface area contributed by atoms with E-state index < -0.39 is 0 Å². The molecular weight excluding hydrogens is 271 g/mol. The minimum atomic E-state index is -0.0292. The van der Waals surface area contributed by atoms with Crippen molar-refractivity contribution in [3.8, 4) is 0 Å². The van der Waals surface area contributed by atoms with Gasteiger partial charge in [-0.05, 0) is 30.7 Å². The molecule has 6 heteroatoms. The second kappa shape index (κ2) is 6.18. The van der Waals surface area contributed by atoms with Gasteiger partial charge < -0.3 is 5.32 Å². The monoisotopic (exact) mass is 284 g/mol. The number of H-pyrrole nitrogens is 1. The normalized spacial score (nSPS) is 12.6. The molecule has 1 heterocycles. The SMILES string of the molecule is CCCNC(c1ccc(Cl)c(Cl)c1)c1cn[nH]n1. The highest BCUT2D eigenvalue weighted by atomic mass is 35.5. The number of rotatable bonds is 5. The first-order valence-electron chi connectivity index (χ1n) is 5.76. The van der Waals surface area contributed by atoms with Crippen LogP contribution in [0.5, 0.6) is 0 Å². The summed E-state index contributed by atoms with van der Waals surface area (Å²) in [6.45, 7) is 3.00. The van der Waals surface area contributed by atoms with Crippen molar-refractivity contribution in [2.24, 2.45) is 0 Å². The van der Waals surface area contributed by atoms with Crippen molar-refractivity contribution in [3.63, 3.8) is 0 Å². The second-order valence-corrected chi connectivity index (χ2v) is 4.77. The Bertz CT molecular complexity index is 499. The zero-order valence-corrected chi connectivity index (χ0v) is 11.5. The third-order valence-corrected chi connectivity index (χ3v) is 3.34. The van der Waals surface area contributed by atoms with Crippen LogP contribution in [-0.4, -0.2) is 22.0 Å². The van der Waals surface area contributed by atoms with Gasteiger partial charge in [0.2, 0.25) is 0 Å². The van der Waals surface area contributed by atoms with Gasteiger partial charge in [-0.25, -0.2) is 0 Å². The second-order valence-electron chi connectivity index (χ2n) is 3.96. The standard InChI is InChI=1S/C12H14Cl2N4/c1-2-5-15-12(11-7-16-18-17-11)8-3-4-9(13)10(14)6-8/h3-4,6-7,12,15H,2,5H2,1H3,(H,16,17,18). The molecule has 2 aromatic rings. The number of aromatic nitrogens is 3. The maximum absolute atomic E-state index is 6.05.